The molecule has 0 spiro atoms. The van der Waals surface area contributed by atoms with Gasteiger partial charge in [0, 0.05) is 4.88 Å². The quantitative estimate of drug-likeness (QED) is 0.824. The Labute approximate surface area is 107 Å². The summed E-state index contributed by atoms with van der Waals surface area (Å²) in [6.45, 7) is 6.22. The maximum Gasteiger partial charge on any atom is 0.341 e. The third kappa shape index (κ3) is 3.00. The van der Waals surface area contributed by atoms with Crippen LogP contribution in [0.1, 0.15) is 54.4 Å². The van der Waals surface area contributed by atoms with Gasteiger partial charge in [0.25, 0.3) is 0 Å². The molecule has 4 heteroatoms. The predicted octanol–water partition coefficient (Wildman–Crippen LogP) is 3.41. The van der Waals surface area contributed by atoms with E-state index >= 15 is 0 Å². The van der Waals surface area contributed by atoms with E-state index in [0.29, 0.717) is 17.2 Å². The van der Waals surface area contributed by atoms with Gasteiger partial charge in [0.2, 0.25) is 0 Å². The van der Waals surface area contributed by atoms with Crippen LogP contribution in [-0.4, -0.2) is 12.6 Å². The Morgan fingerprint density at radius 2 is 2.00 bits per heavy atom. The first-order valence-corrected chi connectivity index (χ1v) is 7.12. The van der Waals surface area contributed by atoms with Crippen molar-refractivity contribution in [2.24, 2.45) is 0 Å². The van der Waals surface area contributed by atoms with Crippen LogP contribution in [-0.2, 0) is 17.6 Å². The van der Waals surface area contributed by atoms with Crippen molar-refractivity contribution < 1.29 is 9.53 Å². The molecular weight excluding hydrogens is 234 g/mol. The first-order valence-electron chi connectivity index (χ1n) is 6.31. The lowest BCUT2D eigenvalue weighted by Gasteiger charge is -2.11. The number of carbonyl (C=O) groups excluding carboxylic acids is 1. The van der Waals surface area contributed by atoms with Gasteiger partial charge in [0.05, 0.1) is 12.2 Å². The summed E-state index contributed by atoms with van der Waals surface area (Å²) in [5.74, 6) is -0.255. The van der Waals surface area contributed by atoms with Crippen molar-refractivity contribution in [2.45, 2.75) is 46.5 Å². The molecule has 0 saturated carbocycles. The number of anilines is 1. The van der Waals surface area contributed by atoms with Gasteiger partial charge in [-0.2, -0.15) is 0 Å². The minimum absolute atomic E-state index is 0.255. The Bertz CT molecular complexity index is 385. The van der Waals surface area contributed by atoms with Crippen LogP contribution < -0.4 is 5.73 Å². The number of hydrogen-bond acceptors (Lipinski definition) is 4. The topological polar surface area (TPSA) is 52.3 Å². The fourth-order valence-electron chi connectivity index (χ4n) is 2.01. The van der Waals surface area contributed by atoms with Crippen molar-refractivity contribution in [3.8, 4) is 0 Å². The van der Waals surface area contributed by atoms with E-state index in [1.165, 1.54) is 11.3 Å². The zero-order valence-electron chi connectivity index (χ0n) is 10.8. The van der Waals surface area contributed by atoms with Gasteiger partial charge in [-0.15, -0.1) is 11.3 Å². The molecule has 0 atom stereocenters. The number of carbonyl (C=O) groups is 1. The van der Waals surface area contributed by atoms with Gasteiger partial charge >= 0.3 is 5.97 Å². The lowest BCUT2D eigenvalue weighted by atomic mass is 9.95. The van der Waals surface area contributed by atoms with Crippen molar-refractivity contribution in [3.05, 3.63) is 16.0 Å². The van der Waals surface area contributed by atoms with Gasteiger partial charge < -0.3 is 10.5 Å². The van der Waals surface area contributed by atoms with Crippen molar-refractivity contribution in [3.63, 3.8) is 0 Å². The molecular formula is C13H21NO2S. The summed E-state index contributed by atoms with van der Waals surface area (Å²) in [5.41, 5.74) is 7.65. The Morgan fingerprint density at radius 1 is 1.35 bits per heavy atom. The monoisotopic (exact) mass is 255 g/mol. The molecule has 2 rings (SSSR count). The highest BCUT2D eigenvalue weighted by atomic mass is 32.1. The van der Waals surface area contributed by atoms with Crippen molar-refractivity contribution in [2.75, 3.05) is 12.3 Å². The highest BCUT2D eigenvalue weighted by molar-refractivity contribution is 7.16. The van der Waals surface area contributed by atoms with Crippen molar-refractivity contribution in [1.82, 2.24) is 0 Å². The Hall–Kier alpha value is -1.03. The number of thiophene rings is 1. The van der Waals surface area contributed by atoms with E-state index in [4.69, 9.17) is 10.5 Å². The fourth-order valence-corrected chi connectivity index (χ4v) is 3.16. The molecule has 1 aliphatic rings. The first kappa shape index (κ1) is 14.0. The normalized spacial score (nSPS) is 13.4. The Kier molecular flexibility index (Phi) is 5.48. The molecule has 17 heavy (non-hydrogen) atoms. The molecule has 2 N–H and O–H groups in total. The third-order valence-corrected chi connectivity index (χ3v) is 3.80. The third-order valence-electron chi connectivity index (χ3n) is 2.68. The molecule has 0 fully saturated rings. The van der Waals surface area contributed by atoms with Crippen molar-refractivity contribution >= 4 is 22.3 Å². The molecule has 1 heterocycles. The minimum atomic E-state index is -0.255. The minimum Gasteiger partial charge on any atom is -0.462 e. The fraction of sp³-hybridized carbons (Fsp3) is 0.615. The summed E-state index contributed by atoms with van der Waals surface area (Å²) in [7, 11) is 0. The summed E-state index contributed by atoms with van der Waals surface area (Å²) in [6, 6.07) is 0. The van der Waals surface area contributed by atoms with E-state index in [1.807, 2.05) is 20.8 Å². The second kappa shape index (κ2) is 6.64. The number of nitrogen functional groups attached to an aromatic ring is 1. The molecule has 0 unspecified atom stereocenters. The van der Waals surface area contributed by atoms with E-state index in [9.17, 15) is 4.79 Å². The van der Waals surface area contributed by atoms with Crippen LogP contribution in [0.4, 0.5) is 5.00 Å². The molecule has 1 aromatic heterocycles. The van der Waals surface area contributed by atoms with Gasteiger partial charge in [-0.05, 0) is 38.2 Å². The highest BCUT2D eigenvalue weighted by Gasteiger charge is 2.24. The molecule has 0 saturated heterocycles. The molecule has 0 aromatic carbocycles. The predicted molar refractivity (Wildman–Crippen MR) is 72.7 cm³/mol. The second-order valence-corrected chi connectivity index (χ2v) is 4.81. The van der Waals surface area contributed by atoms with Crippen molar-refractivity contribution in [1.29, 1.82) is 0 Å². The van der Waals surface area contributed by atoms with E-state index in [1.54, 1.807) is 11.3 Å². The maximum absolute atomic E-state index is 11.7. The zero-order valence-corrected chi connectivity index (χ0v) is 11.7. The molecule has 0 radical (unpaired) electrons. The number of fused-ring (bicyclic) bond motifs is 1. The molecule has 1 aliphatic carbocycles. The summed E-state index contributed by atoms with van der Waals surface area (Å²) in [6.07, 6.45) is 4.38. The summed E-state index contributed by atoms with van der Waals surface area (Å²) in [4.78, 5) is 13.0. The standard InChI is InChI=1S/C11H15NO2S.C2H6/c1-2-14-11(13)9-7-5-3-4-6-8(7)15-10(9)12;1-2/h2-6,12H2,1H3;1-2H3. The van der Waals surface area contributed by atoms with E-state index < -0.39 is 0 Å². The van der Waals surface area contributed by atoms with Crippen LogP contribution in [0.25, 0.3) is 0 Å². The molecule has 0 bridgehead atoms. The van der Waals surface area contributed by atoms with Gasteiger partial charge in [0.1, 0.15) is 5.00 Å². The first-order chi connectivity index (χ1) is 8.24. The van der Waals surface area contributed by atoms with Gasteiger partial charge in [-0.25, -0.2) is 4.79 Å². The number of aryl methyl sites for hydroxylation is 1. The summed E-state index contributed by atoms with van der Waals surface area (Å²) >= 11 is 1.55. The smallest absolute Gasteiger partial charge is 0.341 e. The Morgan fingerprint density at radius 3 is 2.65 bits per heavy atom. The number of nitrogens with two attached hydrogens (primary N) is 1. The molecule has 3 nitrogen and oxygen atoms in total. The molecule has 1 aromatic rings. The van der Waals surface area contributed by atoms with Crippen LogP contribution in [0.2, 0.25) is 0 Å². The van der Waals surface area contributed by atoms with Gasteiger partial charge in [0.15, 0.2) is 0 Å². The van der Waals surface area contributed by atoms with Gasteiger partial charge in [-0.3, -0.25) is 0 Å². The lowest BCUT2D eigenvalue weighted by Crippen LogP contribution is -2.10. The molecule has 96 valence electrons. The van der Waals surface area contributed by atoms with Crippen LogP contribution in [0, 0.1) is 0 Å². The van der Waals surface area contributed by atoms with E-state index in [0.717, 1.165) is 24.8 Å². The Balaban J connectivity index is 0.000000686. The van der Waals surface area contributed by atoms with Crippen LogP contribution in [0.3, 0.4) is 0 Å². The SMILES string of the molecule is CC.CCOC(=O)c1c(N)sc2c1CCCC2. The molecule has 0 amide bonds. The van der Waals surface area contributed by atoms with Crippen LogP contribution in [0.5, 0.6) is 0 Å². The highest BCUT2D eigenvalue weighted by Crippen LogP contribution is 2.36. The number of rotatable bonds is 2. The van der Waals surface area contributed by atoms with Crippen LogP contribution in [0.15, 0.2) is 0 Å². The number of hydrogen-bond donors (Lipinski definition) is 1. The molecule has 0 aliphatic heterocycles. The average molecular weight is 255 g/mol. The number of esters is 1. The summed E-state index contributed by atoms with van der Waals surface area (Å²) < 4.78 is 5.02. The maximum atomic E-state index is 11.7. The second-order valence-electron chi connectivity index (χ2n) is 3.67. The largest absolute Gasteiger partial charge is 0.462 e. The van der Waals surface area contributed by atoms with E-state index in [-0.39, 0.29) is 5.97 Å². The van der Waals surface area contributed by atoms with Gasteiger partial charge in [-0.1, -0.05) is 13.8 Å². The zero-order chi connectivity index (χ0) is 12.8. The summed E-state index contributed by atoms with van der Waals surface area (Å²) in [5, 5.41) is 0.625. The van der Waals surface area contributed by atoms with Crippen LogP contribution >= 0.6 is 11.3 Å². The average Bonchev–Trinajstić information content (AvgIpc) is 2.68. The number of ether oxygens (including phenoxy) is 1. The lowest BCUT2D eigenvalue weighted by molar-refractivity contribution is 0.0526. The van der Waals surface area contributed by atoms with E-state index in [2.05, 4.69) is 0 Å².